The molecule has 0 aliphatic heterocycles. The summed E-state index contributed by atoms with van der Waals surface area (Å²) in [7, 11) is 4.29. The molecule has 4 unspecified atom stereocenters. The molecule has 220 valence electrons. The van der Waals surface area contributed by atoms with E-state index in [0.717, 1.165) is 68.9 Å². The molecular formula is C31H55BrN2O4. The molecule has 7 heteroatoms. The lowest BCUT2D eigenvalue weighted by Gasteiger charge is -2.63. The van der Waals surface area contributed by atoms with Crippen molar-refractivity contribution in [3.8, 4) is 0 Å². The summed E-state index contributed by atoms with van der Waals surface area (Å²) in [5, 5.41) is 36.6. The zero-order valence-corrected chi connectivity index (χ0v) is 26.1. The number of fused-ring (bicyclic) bond motifs is 5. The second-order valence-corrected chi connectivity index (χ2v) is 14.5. The third-order valence-corrected chi connectivity index (χ3v) is 12.0. The van der Waals surface area contributed by atoms with Crippen LogP contribution >= 0.6 is 0 Å². The summed E-state index contributed by atoms with van der Waals surface area (Å²) < 4.78 is 0.814. The number of carbonyl (C=O) groups excluding carboxylic acids is 1. The van der Waals surface area contributed by atoms with E-state index in [-0.39, 0.29) is 57.9 Å². The van der Waals surface area contributed by atoms with Crippen molar-refractivity contribution in [1.82, 2.24) is 5.32 Å². The Kier molecular flexibility index (Phi) is 10.3. The molecule has 4 N–H and O–H groups in total. The molecule has 0 heterocycles. The minimum absolute atomic E-state index is 0. The van der Waals surface area contributed by atoms with E-state index in [1.807, 2.05) is 6.08 Å². The summed E-state index contributed by atoms with van der Waals surface area (Å²) in [5.74, 6) is 2.08. The number of hydrogen-bond acceptors (Lipinski definition) is 4. The standard InChI is InChI=1S/C31H54N2O4.BrH/c1-7-15-33(5,6)16-14-32-28(37)11-8-20(2)23-9-10-24-29-25(19-27(36)31(23,24)4)30(3)13-12-22(34)17-21(30)18-26(29)35;/h7,20-27,29,34-36H,1,8-19H2,2-6H3;1H/t20-,21?,22-,23-,24?,25?,26-,27+,29?,30+,31-;/m1./s1. The molecule has 38 heavy (non-hydrogen) atoms. The highest BCUT2D eigenvalue weighted by atomic mass is 79.9. The van der Waals surface area contributed by atoms with Gasteiger partial charge in [0.1, 0.15) is 0 Å². The summed E-state index contributed by atoms with van der Waals surface area (Å²) in [4.78, 5) is 12.6. The number of rotatable bonds is 9. The number of quaternary nitrogens is 1. The molecule has 11 atom stereocenters. The van der Waals surface area contributed by atoms with E-state index in [9.17, 15) is 20.1 Å². The lowest BCUT2D eigenvalue weighted by molar-refractivity contribution is -0.883. The molecule has 0 aromatic heterocycles. The van der Waals surface area contributed by atoms with Gasteiger partial charge in [0, 0.05) is 6.42 Å². The van der Waals surface area contributed by atoms with Gasteiger partial charge in [0.05, 0.1) is 52.0 Å². The number of nitrogens with one attached hydrogen (secondary N) is 1. The second kappa shape index (κ2) is 12.2. The Morgan fingerprint density at radius 1 is 1.11 bits per heavy atom. The lowest BCUT2D eigenvalue weighted by atomic mass is 9.43. The molecular weight excluding hydrogens is 544 g/mol. The summed E-state index contributed by atoms with van der Waals surface area (Å²) in [6.45, 7) is 13.2. The van der Waals surface area contributed by atoms with Gasteiger partial charge in [-0.1, -0.05) is 27.4 Å². The van der Waals surface area contributed by atoms with Gasteiger partial charge < -0.3 is 42.1 Å². The molecule has 0 spiro atoms. The van der Waals surface area contributed by atoms with Crippen molar-refractivity contribution in [2.75, 3.05) is 33.7 Å². The zero-order valence-electron chi connectivity index (χ0n) is 24.5. The minimum atomic E-state index is -0.373. The molecule has 4 aliphatic rings. The van der Waals surface area contributed by atoms with Gasteiger partial charge in [-0.2, -0.15) is 0 Å². The molecule has 0 saturated heterocycles. The average Bonchev–Trinajstić information content (AvgIpc) is 3.17. The fourth-order valence-corrected chi connectivity index (χ4v) is 9.72. The van der Waals surface area contributed by atoms with Gasteiger partial charge in [0.2, 0.25) is 5.91 Å². The summed E-state index contributed by atoms with van der Waals surface area (Å²) in [5.41, 5.74) is -0.103. The highest BCUT2D eigenvalue weighted by Gasteiger charge is 2.65. The average molecular weight is 600 g/mol. The Morgan fingerprint density at radius 2 is 1.82 bits per heavy atom. The smallest absolute Gasteiger partial charge is 0.220 e. The maximum absolute atomic E-state index is 12.6. The number of nitrogens with zero attached hydrogens (tertiary/aromatic N) is 1. The van der Waals surface area contributed by atoms with Gasteiger partial charge in [-0.25, -0.2) is 0 Å². The van der Waals surface area contributed by atoms with E-state index in [1.54, 1.807) is 0 Å². The zero-order chi connectivity index (χ0) is 27.2. The van der Waals surface area contributed by atoms with Crippen molar-refractivity contribution in [2.45, 2.75) is 96.9 Å². The first-order valence-corrected chi connectivity index (χ1v) is 15.1. The number of likely N-dealkylation sites (N-methyl/N-ethyl adjacent to an activating group) is 1. The maximum atomic E-state index is 12.6. The van der Waals surface area contributed by atoms with Crippen LogP contribution in [0.5, 0.6) is 0 Å². The van der Waals surface area contributed by atoms with E-state index in [0.29, 0.717) is 42.6 Å². The van der Waals surface area contributed by atoms with Crippen LogP contribution < -0.4 is 22.3 Å². The van der Waals surface area contributed by atoms with Gasteiger partial charge in [-0.3, -0.25) is 4.79 Å². The van der Waals surface area contributed by atoms with Crippen LogP contribution in [0.3, 0.4) is 0 Å². The fraction of sp³-hybridized carbons (Fsp3) is 0.903. The molecule has 4 aliphatic carbocycles. The topological polar surface area (TPSA) is 89.8 Å². The Bertz CT molecular complexity index is 839. The number of carbonyl (C=O) groups is 1. The maximum Gasteiger partial charge on any atom is 0.220 e. The largest absolute Gasteiger partial charge is 1.00 e. The molecule has 1 amide bonds. The highest BCUT2D eigenvalue weighted by molar-refractivity contribution is 5.75. The van der Waals surface area contributed by atoms with Crippen LogP contribution in [0, 0.1) is 46.3 Å². The van der Waals surface area contributed by atoms with Gasteiger partial charge in [0.25, 0.3) is 0 Å². The van der Waals surface area contributed by atoms with E-state index >= 15 is 0 Å². The van der Waals surface area contributed by atoms with E-state index in [4.69, 9.17) is 0 Å². The van der Waals surface area contributed by atoms with Crippen molar-refractivity contribution >= 4 is 5.91 Å². The van der Waals surface area contributed by atoms with Crippen molar-refractivity contribution < 1.29 is 41.6 Å². The SMILES string of the molecule is C=CC[N+](C)(C)CCNC(=O)CC[C@@H](C)[C@H]1CCC2C3C(C[C@H](O)[C@@]21C)[C@@]1(C)CC[C@@H](O)CC1C[C@H]3O.[Br-]. The van der Waals surface area contributed by atoms with Crippen LogP contribution in [0.1, 0.15) is 78.6 Å². The number of hydrogen-bond donors (Lipinski definition) is 4. The number of amides is 1. The molecule has 0 bridgehead atoms. The van der Waals surface area contributed by atoms with Crippen LogP contribution in [-0.2, 0) is 4.79 Å². The Labute approximate surface area is 242 Å². The van der Waals surface area contributed by atoms with Crippen molar-refractivity contribution in [2.24, 2.45) is 46.3 Å². The Balaban J connectivity index is 0.00000400. The van der Waals surface area contributed by atoms with Crippen molar-refractivity contribution in [3.05, 3.63) is 12.7 Å². The van der Waals surface area contributed by atoms with Crippen LogP contribution in [-0.4, -0.2) is 77.8 Å². The summed E-state index contributed by atoms with van der Waals surface area (Å²) in [6, 6.07) is 0. The molecule has 6 nitrogen and oxygen atoms in total. The molecule has 0 radical (unpaired) electrons. The minimum Gasteiger partial charge on any atom is -1.00 e. The van der Waals surface area contributed by atoms with E-state index in [2.05, 4.69) is 46.8 Å². The highest BCUT2D eigenvalue weighted by Crippen LogP contribution is 2.68. The predicted octanol–water partition coefficient (Wildman–Crippen LogP) is 0.747. The first-order valence-electron chi connectivity index (χ1n) is 15.1. The number of aliphatic hydroxyl groups is 3. The van der Waals surface area contributed by atoms with Gasteiger partial charge in [-0.15, -0.1) is 0 Å². The normalized spacial score (nSPS) is 43.2. The third kappa shape index (κ3) is 5.93. The van der Waals surface area contributed by atoms with Crippen LogP contribution in [0.4, 0.5) is 0 Å². The van der Waals surface area contributed by atoms with Crippen LogP contribution in [0.25, 0.3) is 0 Å². The van der Waals surface area contributed by atoms with Crippen LogP contribution in [0.15, 0.2) is 12.7 Å². The van der Waals surface area contributed by atoms with Gasteiger partial charge >= 0.3 is 0 Å². The lowest BCUT2D eigenvalue weighted by Crippen LogP contribution is -3.00. The molecule has 4 rings (SSSR count). The number of halogens is 1. The van der Waals surface area contributed by atoms with Gasteiger partial charge in [-0.05, 0) is 104 Å². The first-order chi connectivity index (χ1) is 17.3. The molecule has 4 fully saturated rings. The third-order valence-electron chi connectivity index (χ3n) is 12.0. The summed E-state index contributed by atoms with van der Waals surface area (Å²) in [6.07, 6.45) is 8.66. The molecule has 4 saturated carbocycles. The first kappa shape index (κ1) is 32.0. The van der Waals surface area contributed by atoms with Crippen molar-refractivity contribution in [3.63, 3.8) is 0 Å². The predicted molar refractivity (Wildman–Crippen MR) is 147 cm³/mol. The Morgan fingerprint density at radius 3 is 2.50 bits per heavy atom. The second-order valence-electron chi connectivity index (χ2n) is 14.5. The quantitative estimate of drug-likeness (QED) is 0.233. The number of aliphatic hydroxyl groups excluding tert-OH is 3. The molecule has 0 aromatic rings. The van der Waals surface area contributed by atoms with E-state index in [1.165, 1.54) is 0 Å². The van der Waals surface area contributed by atoms with Gasteiger partial charge in [0.15, 0.2) is 0 Å². The van der Waals surface area contributed by atoms with Crippen LogP contribution in [0.2, 0.25) is 0 Å². The van der Waals surface area contributed by atoms with Crippen molar-refractivity contribution in [1.29, 1.82) is 0 Å². The Hall–Kier alpha value is -0.470. The van der Waals surface area contributed by atoms with E-state index < -0.39 is 0 Å². The monoisotopic (exact) mass is 598 g/mol. The molecule has 0 aromatic carbocycles. The summed E-state index contributed by atoms with van der Waals surface area (Å²) >= 11 is 0. The fourth-order valence-electron chi connectivity index (χ4n) is 9.72.